The van der Waals surface area contributed by atoms with E-state index in [1.54, 1.807) is 10.9 Å². The maximum absolute atomic E-state index is 13.1. The summed E-state index contributed by atoms with van der Waals surface area (Å²) >= 11 is 1.36. The number of rotatable bonds is 4. The fraction of sp³-hybridized carbons (Fsp3) is 0.450. The number of piperidine rings is 1. The summed E-state index contributed by atoms with van der Waals surface area (Å²) < 4.78 is 6.10. The molecule has 5 heterocycles. The van der Waals surface area contributed by atoms with Crippen molar-refractivity contribution < 1.29 is 4.79 Å². The summed E-state index contributed by atoms with van der Waals surface area (Å²) in [6.07, 6.45) is 7.65. The molecule has 1 fully saturated rings. The third-order valence-corrected chi connectivity index (χ3v) is 6.34. The summed E-state index contributed by atoms with van der Waals surface area (Å²) in [4.78, 5) is 24.5. The third kappa shape index (κ3) is 4.10. The van der Waals surface area contributed by atoms with Gasteiger partial charge < -0.3 is 20.9 Å². The van der Waals surface area contributed by atoms with Crippen LogP contribution in [0.15, 0.2) is 40.3 Å². The molecule has 162 valence electrons. The third-order valence-electron chi connectivity index (χ3n) is 5.54. The summed E-state index contributed by atoms with van der Waals surface area (Å²) in [7, 11) is 1.89. The summed E-state index contributed by atoms with van der Waals surface area (Å²) in [6, 6.07) is 2.04. The van der Waals surface area contributed by atoms with Gasteiger partial charge in [0.25, 0.3) is 5.91 Å². The van der Waals surface area contributed by atoms with Gasteiger partial charge in [0.05, 0.1) is 24.5 Å². The van der Waals surface area contributed by atoms with Gasteiger partial charge in [0.15, 0.2) is 11.7 Å². The number of nitrogens with zero attached hydrogens (tertiary/aromatic N) is 6. The van der Waals surface area contributed by atoms with Crippen LogP contribution in [0.5, 0.6) is 0 Å². The molecule has 5 rings (SSSR count). The largest absolute Gasteiger partial charge is 0.347 e. The Kier molecular flexibility index (Phi) is 5.28. The van der Waals surface area contributed by atoms with Crippen LogP contribution in [-0.4, -0.2) is 62.3 Å². The maximum atomic E-state index is 13.1. The molecule has 0 aliphatic carbocycles. The highest BCUT2D eigenvalue weighted by molar-refractivity contribution is 7.10. The van der Waals surface area contributed by atoms with Crippen molar-refractivity contribution in [2.45, 2.75) is 31.8 Å². The van der Waals surface area contributed by atoms with Gasteiger partial charge in [-0.05, 0) is 43.9 Å². The van der Waals surface area contributed by atoms with Gasteiger partial charge in [-0.2, -0.15) is 9.47 Å². The van der Waals surface area contributed by atoms with Crippen LogP contribution in [0, 0.1) is 6.92 Å². The van der Waals surface area contributed by atoms with Crippen LogP contribution < -0.4 is 16.0 Å². The Bertz CT molecular complexity index is 1080. The average molecular weight is 440 g/mol. The minimum Gasteiger partial charge on any atom is -0.347 e. The molecule has 31 heavy (non-hydrogen) atoms. The molecule has 11 heteroatoms. The predicted molar refractivity (Wildman–Crippen MR) is 120 cm³/mol. The molecule has 3 aliphatic heterocycles. The standard InChI is InChI=1S/C20H25N9OS/c1-12-6-17(31-27-12)26-18-19-22-9-16(13-7-23-28(2)10-13)29(19)11-15(25-18)20(30)24-14-4-3-5-21-8-14/h6-7,10-11,14,16,21H,3-5,8-9H2,1-2H3,(H,24,30)(H,25,26). The lowest BCUT2D eigenvalue weighted by atomic mass is 10.1. The Hall–Kier alpha value is -3.05. The quantitative estimate of drug-likeness (QED) is 0.660. The van der Waals surface area contributed by atoms with Crippen molar-refractivity contribution in [3.63, 3.8) is 0 Å². The summed E-state index contributed by atoms with van der Waals surface area (Å²) in [5.41, 5.74) is 2.34. The zero-order chi connectivity index (χ0) is 21.4. The number of hydrogen-bond acceptors (Lipinski definition) is 9. The lowest BCUT2D eigenvalue weighted by Gasteiger charge is -2.29. The first-order valence-electron chi connectivity index (χ1n) is 10.4. The van der Waals surface area contributed by atoms with E-state index in [0.717, 1.165) is 48.0 Å². The number of aliphatic imine (C=N–C) groups is 2. The van der Waals surface area contributed by atoms with E-state index in [-0.39, 0.29) is 18.0 Å². The molecular formula is C20H25N9OS. The van der Waals surface area contributed by atoms with Crippen molar-refractivity contribution in [2.75, 3.05) is 25.0 Å². The zero-order valence-corrected chi connectivity index (χ0v) is 18.3. The number of aryl methyl sites for hydroxylation is 2. The van der Waals surface area contributed by atoms with Gasteiger partial charge in [0.2, 0.25) is 0 Å². The first-order chi connectivity index (χ1) is 15.1. The van der Waals surface area contributed by atoms with Crippen molar-refractivity contribution in [3.05, 3.63) is 41.6 Å². The summed E-state index contributed by atoms with van der Waals surface area (Å²) in [5, 5.41) is 14.9. The van der Waals surface area contributed by atoms with E-state index in [0.29, 0.717) is 18.1 Å². The van der Waals surface area contributed by atoms with Crippen molar-refractivity contribution >= 4 is 34.1 Å². The minimum absolute atomic E-state index is 0.0293. The minimum atomic E-state index is -0.177. The predicted octanol–water partition coefficient (Wildman–Crippen LogP) is 1.17. The van der Waals surface area contributed by atoms with E-state index < -0.39 is 0 Å². The van der Waals surface area contributed by atoms with Crippen LogP contribution in [0.2, 0.25) is 0 Å². The van der Waals surface area contributed by atoms with E-state index >= 15 is 0 Å². The fourth-order valence-electron chi connectivity index (χ4n) is 4.01. The molecule has 0 aromatic carbocycles. The van der Waals surface area contributed by atoms with E-state index in [1.807, 2.05) is 37.3 Å². The van der Waals surface area contributed by atoms with Gasteiger partial charge >= 0.3 is 0 Å². The molecular weight excluding hydrogens is 414 g/mol. The van der Waals surface area contributed by atoms with Gasteiger partial charge in [-0.3, -0.25) is 14.5 Å². The van der Waals surface area contributed by atoms with Crippen molar-refractivity contribution in [1.82, 2.24) is 29.7 Å². The molecule has 0 radical (unpaired) electrons. The number of hydrogen-bond donors (Lipinski definition) is 3. The Balaban J connectivity index is 1.44. The molecule has 10 nitrogen and oxygen atoms in total. The second-order valence-corrected chi connectivity index (χ2v) is 8.79. The lowest BCUT2D eigenvalue weighted by molar-refractivity contribution is -0.118. The topological polar surface area (TPSA) is 112 Å². The SMILES string of the molecule is Cc1cc(NC2=NC(C(=O)NC3CCCNC3)=CN3C2=NCC3c2cnn(C)c2)sn1. The molecule has 1 amide bonds. The number of anilines is 1. The average Bonchev–Trinajstić information content (AvgIpc) is 3.48. The second kappa shape index (κ2) is 8.23. The molecule has 3 N–H and O–H groups in total. The van der Waals surface area contributed by atoms with Crippen molar-refractivity contribution in [2.24, 2.45) is 17.0 Å². The van der Waals surface area contributed by atoms with Gasteiger partial charge in [0.1, 0.15) is 10.7 Å². The fourth-order valence-corrected chi connectivity index (χ4v) is 4.68. The highest BCUT2D eigenvalue weighted by Gasteiger charge is 2.36. The maximum Gasteiger partial charge on any atom is 0.271 e. The van der Waals surface area contributed by atoms with E-state index in [9.17, 15) is 4.79 Å². The number of amidine groups is 2. The molecule has 2 atom stereocenters. The molecule has 1 saturated heterocycles. The zero-order valence-electron chi connectivity index (χ0n) is 17.5. The smallest absolute Gasteiger partial charge is 0.271 e. The lowest BCUT2D eigenvalue weighted by Crippen LogP contribution is -2.47. The van der Waals surface area contributed by atoms with Crippen LogP contribution in [0.25, 0.3) is 0 Å². The van der Waals surface area contributed by atoms with Crippen molar-refractivity contribution in [1.29, 1.82) is 0 Å². The van der Waals surface area contributed by atoms with Gasteiger partial charge in [-0.1, -0.05) is 0 Å². The number of aromatic nitrogens is 3. The second-order valence-electron chi connectivity index (χ2n) is 7.98. The Morgan fingerprint density at radius 1 is 1.39 bits per heavy atom. The number of carbonyl (C=O) groups excluding carboxylic acids is 1. The summed E-state index contributed by atoms with van der Waals surface area (Å²) in [5.74, 6) is 1.10. The van der Waals surface area contributed by atoms with Crippen LogP contribution >= 0.6 is 11.5 Å². The highest BCUT2D eigenvalue weighted by Crippen LogP contribution is 2.31. The highest BCUT2D eigenvalue weighted by atomic mass is 32.1. The molecule has 0 spiro atoms. The first kappa shape index (κ1) is 19.9. The van der Waals surface area contributed by atoms with E-state index in [1.165, 1.54) is 11.5 Å². The molecule has 0 bridgehead atoms. The van der Waals surface area contributed by atoms with Crippen molar-refractivity contribution in [3.8, 4) is 0 Å². The molecule has 3 aliphatic rings. The monoisotopic (exact) mass is 439 g/mol. The summed E-state index contributed by atoms with van der Waals surface area (Å²) in [6.45, 7) is 4.29. The molecule has 2 aromatic heterocycles. The number of carbonyl (C=O) groups is 1. The van der Waals surface area contributed by atoms with Gasteiger partial charge in [-0.15, -0.1) is 0 Å². The number of amides is 1. The molecule has 2 aromatic rings. The Labute approximate surface area is 184 Å². The number of nitrogens with one attached hydrogen (secondary N) is 3. The van der Waals surface area contributed by atoms with Gasteiger partial charge in [0, 0.05) is 37.6 Å². The molecule has 2 unspecified atom stereocenters. The van der Waals surface area contributed by atoms with E-state index in [4.69, 9.17) is 4.99 Å². The Morgan fingerprint density at radius 3 is 3.00 bits per heavy atom. The van der Waals surface area contributed by atoms with Crippen LogP contribution in [0.1, 0.15) is 30.1 Å². The van der Waals surface area contributed by atoms with Gasteiger partial charge in [-0.25, -0.2) is 4.99 Å². The first-order valence-corrected chi connectivity index (χ1v) is 11.2. The van der Waals surface area contributed by atoms with Crippen LogP contribution in [0.4, 0.5) is 5.00 Å². The van der Waals surface area contributed by atoms with Crippen LogP contribution in [0.3, 0.4) is 0 Å². The Morgan fingerprint density at radius 2 is 2.29 bits per heavy atom. The molecule has 0 saturated carbocycles. The normalized spacial score (nSPS) is 23.0. The van der Waals surface area contributed by atoms with E-state index in [2.05, 4.69) is 30.4 Å². The number of fused-ring (bicyclic) bond motifs is 1. The van der Waals surface area contributed by atoms with Crippen LogP contribution in [-0.2, 0) is 11.8 Å².